The van der Waals surface area contributed by atoms with E-state index in [-0.39, 0.29) is 6.10 Å². The lowest BCUT2D eigenvalue weighted by atomic mass is 10.1. The molecule has 1 fully saturated rings. The summed E-state index contributed by atoms with van der Waals surface area (Å²) in [4.78, 5) is 0. The van der Waals surface area contributed by atoms with Gasteiger partial charge >= 0.3 is 0 Å². The molecule has 0 aromatic rings. The summed E-state index contributed by atoms with van der Waals surface area (Å²) >= 11 is 0. The summed E-state index contributed by atoms with van der Waals surface area (Å²) in [5, 5.41) is 9.24. The molecular weight excluding hydrogens is 132 g/mol. The summed E-state index contributed by atoms with van der Waals surface area (Å²) in [6.45, 7) is 1.98. The second-order valence-corrected chi connectivity index (χ2v) is 2.70. The molecule has 0 unspecified atom stereocenters. The maximum Gasteiger partial charge on any atom is 0.183 e. The predicted molar refractivity (Wildman–Crippen MR) is 36.6 cm³/mol. The minimum absolute atomic E-state index is 0.216. The van der Waals surface area contributed by atoms with Gasteiger partial charge in [0, 0.05) is 7.11 Å². The van der Waals surface area contributed by atoms with E-state index in [0.717, 1.165) is 12.8 Å². The summed E-state index contributed by atoms with van der Waals surface area (Å²) in [5.41, 5.74) is 0. The van der Waals surface area contributed by atoms with E-state index in [1.807, 2.05) is 6.92 Å². The highest BCUT2D eigenvalue weighted by atomic mass is 16.7. The number of rotatable bonds is 1. The van der Waals surface area contributed by atoms with Crippen molar-refractivity contribution >= 4 is 0 Å². The zero-order valence-electron chi connectivity index (χ0n) is 6.41. The summed E-state index contributed by atoms with van der Waals surface area (Å²) in [7, 11) is 1.55. The molecule has 0 radical (unpaired) electrons. The summed E-state index contributed by atoms with van der Waals surface area (Å²) in [5.74, 6) is 0. The van der Waals surface area contributed by atoms with Crippen LogP contribution in [-0.4, -0.2) is 30.7 Å². The zero-order valence-corrected chi connectivity index (χ0v) is 6.41. The lowest BCUT2D eigenvalue weighted by Crippen LogP contribution is -2.38. The molecule has 1 N–H and O–H groups in total. The van der Waals surface area contributed by atoms with Gasteiger partial charge in [0.05, 0.1) is 6.10 Å². The standard InChI is InChI=1S/C7H14O3/c1-5-3-4-6(8)7(9-2)10-5/h5-8H,3-4H2,1-2H3/t5-,6+,7+/m1/s1. The lowest BCUT2D eigenvalue weighted by Gasteiger charge is -2.30. The fourth-order valence-electron chi connectivity index (χ4n) is 1.14. The topological polar surface area (TPSA) is 38.7 Å². The fourth-order valence-corrected chi connectivity index (χ4v) is 1.14. The van der Waals surface area contributed by atoms with Gasteiger partial charge < -0.3 is 14.6 Å². The van der Waals surface area contributed by atoms with Gasteiger partial charge in [-0.2, -0.15) is 0 Å². The molecule has 0 aliphatic carbocycles. The molecule has 10 heavy (non-hydrogen) atoms. The van der Waals surface area contributed by atoms with Gasteiger partial charge in [0.1, 0.15) is 6.10 Å². The van der Waals surface area contributed by atoms with Crippen LogP contribution in [0, 0.1) is 0 Å². The van der Waals surface area contributed by atoms with E-state index in [1.165, 1.54) is 0 Å². The first-order valence-corrected chi connectivity index (χ1v) is 3.60. The molecule has 3 nitrogen and oxygen atoms in total. The minimum atomic E-state index is -0.443. The predicted octanol–water partition coefficient (Wildman–Crippen LogP) is 0.519. The number of ether oxygens (including phenoxy) is 2. The quantitative estimate of drug-likeness (QED) is 0.586. The van der Waals surface area contributed by atoms with Gasteiger partial charge in [-0.15, -0.1) is 0 Å². The van der Waals surface area contributed by atoms with Gasteiger partial charge in [-0.05, 0) is 19.8 Å². The van der Waals surface area contributed by atoms with Crippen LogP contribution < -0.4 is 0 Å². The van der Waals surface area contributed by atoms with Crippen LogP contribution in [0.4, 0.5) is 0 Å². The van der Waals surface area contributed by atoms with Crippen molar-refractivity contribution in [3.05, 3.63) is 0 Å². The highest BCUT2D eigenvalue weighted by Gasteiger charge is 2.26. The molecule has 3 heteroatoms. The molecular formula is C7H14O3. The lowest BCUT2D eigenvalue weighted by molar-refractivity contribution is -0.224. The molecule has 1 rings (SSSR count). The Balaban J connectivity index is 2.38. The highest BCUT2D eigenvalue weighted by molar-refractivity contribution is 4.69. The Morgan fingerprint density at radius 1 is 1.50 bits per heavy atom. The Bertz CT molecular complexity index is 105. The zero-order chi connectivity index (χ0) is 7.56. The second kappa shape index (κ2) is 3.32. The van der Waals surface area contributed by atoms with E-state index < -0.39 is 12.4 Å². The Morgan fingerprint density at radius 3 is 2.70 bits per heavy atom. The molecule has 1 aliphatic heterocycles. The molecule has 1 saturated heterocycles. The van der Waals surface area contributed by atoms with Crippen LogP contribution >= 0.6 is 0 Å². The van der Waals surface area contributed by atoms with E-state index in [2.05, 4.69) is 0 Å². The van der Waals surface area contributed by atoms with Crippen molar-refractivity contribution in [2.75, 3.05) is 7.11 Å². The van der Waals surface area contributed by atoms with Gasteiger partial charge in [-0.1, -0.05) is 0 Å². The van der Waals surface area contributed by atoms with Gasteiger partial charge in [0.2, 0.25) is 0 Å². The molecule has 0 saturated carbocycles. The molecule has 0 aromatic heterocycles. The number of hydrogen-bond donors (Lipinski definition) is 1. The van der Waals surface area contributed by atoms with Crippen LogP contribution in [0.3, 0.4) is 0 Å². The highest BCUT2D eigenvalue weighted by Crippen LogP contribution is 2.19. The third kappa shape index (κ3) is 1.68. The molecule has 60 valence electrons. The number of hydrogen-bond acceptors (Lipinski definition) is 3. The molecule has 3 atom stereocenters. The van der Waals surface area contributed by atoms with Crippen LogP contribution in [0.25, 0.3) is 0 Å². The SMILES string of the molecule is CO[C@H]1O[C@H](C)CC[C@@H]1O. The Kier molecular flexibility index (Phi) is 2.65. The van der Waals surface area contributed by atoms with Crippen LogP contribution in [0.1, 0.15) is 19.8 Å². The summed E-state index contributed by atoms with van der Waals surface area (Å²) < 4.78 is 10.2. The summed E-state index contributed by atoms with van der Waals surface area (Å²) in [6, 6.07) is 0. The third-order valence-electron chi connectivity index (χ3n) is 1.78. The minimum Gasteiger partial charge on any atom is -0.388 e. The maximum atomic E-state index is 9.24. The normalized spacial score (nSPS) is 41.7. The second-order valence-electron chi connectivity index (χ2n) is 2.70. The first kappa shape index (κ1) is 7.98. The van der Waals surface area contributed by atoms with Gasteiger partial charge in [0.25, 0.3) is 0 Å². The number of aliphatic hydroxyl groups excluding tert-OH is 1. The van der Waals surface area contributed by atoms with Crippen LogP contribution in [0.5, 0.6) is 0 Å². The van der Waals surface area contributed by atoms with E-state index >= 15 is 0 Å². The van der Waals surface area contributed by atoms with Crippen molar-refractivity contribution in [2.45, 2.75) is 38.3 Å². The first-order valence-electron chi connectivity index (χ1n) is 3.60. The van der Waals surface area contributed by atoms with E-state index in [0.29, 0.717) is 0 Å². The average molecular weight is 146 g/mol. The first-order chi connectivity index (χ1) is 4.74. The maximum absolute atomic E-state index is 9.24. The van der Waals surface area contributed by atoms with Crippen molar-refractivity contribution in [3.63, 3.8) is 0 Å². The van der Waals surface area contributed by atoms with Gasteiger partial charge in [-0.3, -0.25) is 0 Å². The molecule has 0 bridgehead atoms. The third-order valence-corrected chi connectivity index (χ3v) is 1.78. The number of methoxy groups -OCH3 is 1. The molecule has 0 spiro atoms. The Labute approximate surface area is 60.9 Å². The van der Waals surface area contributed by atoms with Crippen LogP contribution in [0.15, 0.2) is 0 Å². The van der Waals surface area contributed by atoms with Crippen LogP contribution in [-0.2, 0) is 9.47 Å². The van der Waals surface area contributed by atoms with Crippen molar-refractivity contribution in [3.8, 4) is 0 Å². The van der Waals surface area contributed by atoms with Crippen molar-refractivity contribution in [2.24, 2.45) is 0 Å². The van der Waals surface area contributed by atoms with Gasteiger partial charge in [0.15, 0.2) is 6.29 Å². The molecule has 0 amide bonds. The largest absolute Gasteiger partial charge is 0.388 e. The smallest absolute Gasteiger partial charge is 0.183 e. The van der Waals surface area contributed by atoms with Crippen molar-refractivity contribution in [1.29, 1.82) is 0 Å². The van der Waals surface area contributed by atoms with E-state index in [1.54, 1.807) is 7.11 Å². The van der Waals surface area contributed by atoms with Crippen LogP contribution in [0.2, 0.25) is 0 Å². The summed E-state index contributed by atoms with van der Waals surface area (Å²) in [6.07, 6.45) is 1.05. The molecule has 1 aliphatic rings. The Morgan fingerprint density at radius 2 is 2.20 bits per heavy atom. The van der Waals surface area contributed by atoms with Crippen molar-refractivity contribution in [1.82, 2.24) is 0 Å². The van der Waals surface area contributed by atoms with E-state index in [4.69, 9.17) is 9.47 Å². The number of aliphatic hydroxyl groups is 1. The molecule has 1 heterocycles. The molecule has 0 aromatic carbocycles. The monoisotopic (exact) mass is 146 g/mol. The van der Waals surface area contributed by atoms with Gasteiger partial charge in [-0.25, -0.2) is 0 Å². The fraction of sp³-hybridized carbons (Fsp3) is 1.00. The Hall–Kier alpha value is -0.120. The average Bonchev–Trinajstić information content (AvgIpc) is 1.94. The van der Waals surface area contributed by atoms with E-state index in [9.17, 15) is 5.11 Å². The van der Waals surface area contributed by atoms with Crippen molar-refractivity contribution < 1.29 is 14.6 Å².